The van der Waals surface area contributed by atoms with Crippen LogP contribution in [0.3, 0.4) is 0 Å². The second-order valence-corrected chi connectivity index (χ2v) is 5.75. The molecule has 140 valence electrons. The van der Waals surface area contributed by atoms with Crippen LogP contribution in [0.2, 0.25) is 0 Å². The van der Waals surface area contributed by atoms with Crippen LogP contribution in [-0.2, 0) is 6.42 Å². The van der Waals surface area contributed by atoms with E-state index in [9.17, 15) is 4.79 Å². The first-order valence-corrected chi connectivity index (χ1v) is 8.51. The molecule has 2 amide bonds. The number of ether oxygens (including phenoxy) is 3. The molecule has 0 spiro atoms. The topological polar surface area (TPSA) is 60.0 Å². The van der Waals surface area contributed by atoms with Gasteiger partial charge in [0.25, 0.3) is 0 Å². The Hall–Kier alpha value is -2.89. The zero-order chi connectivity index (χ0) is 18.8. The average Bonchev–Trinajstić information content (AvgIpc) is 2.68. The molecule has 0 aliphatic carbocycles. The van der Waals surface area contributed by atoms with Crippen molar-refractivity contribution in [1.29, 1.82) is 0 Å². The van der Waals surface area contributed by atoms with Crippen LogP contribution in [0.4, 0.5) is 4.79 Å². The summed E-state index contributed by atoms with van der Waals surface area (Å²) in [6, 6.07) is 15.2. The lowest BCUT2D eigenvalue weighted by atomic mass is 10.1. The van der Waals surface area contributed by atoms with Crippen LogP contribution in [0.5, 0.6) is 17.2 Å². The molecule has 0 atom stereocenters. The van der Waals surface area contributed by atoms with Crippen LogP contribution in [0.1, 0.15) is 5.56 Å². The molecule has 2 rings (SSSR count). The van der Waals surface area contributed by atoms with Crippen LogP contribution in [0.25, 0.3) is 0 Å². The second kappa shape index (κ2) is 10.2. The largest absolute Gasteiger partial charge is 0.493 e. The maximum atomic E-state index is 12.1. The average molecular weight is 358 g/mol. The number of hydrogen-bond donors (Lipinski definition) is 1. The summed E-state index contributed by atoms with van der Waals surface area (Å²) in [4.78, 5) is 13.7. The highest BCUT2D eigenvalue weighted by Gasteiger charge is 2.09. The lowest BCUT2D eigenvalue weighted by Gasteiger charge is -2.18. The Kier molecular flexibility index (Phi) is 7.61. The molecule has 0 bridgehead atoms. The fraction of sp³-hybridized carbons (Fsp3) is 0.350. The van der Waals surface area contributed by atoms with E-state index >= 15 is 0 Å². The third-order valence-electron chi connectivity index (χ3n) is 3.92. The summed E-state index contributed by atoms with van der Waals surface area (Å²) in [5.74, 6) is 2.18. The molecule has 0 fully saturated rings. The molecule has 0 saturated carbocycles. The highest BCUT2D eigenvalue weighted by Crippen LogP contribution is 2.27. The number of nitrogens with zero attached hydrogens (tertiary/aromatic N) is 1. The van der Waals surface area contributed by atoms with Crippen molar-refractivity contribution in [1.82, 2.24) is 10.2 Å². The van der Waals surface area contributed by atoms with Crippen molar-refractivity contribution >= 4 is 6.03 Å². The Morgan fingerprint density at radius 2 is 1.77 bits per heavy atom. The summed E-state index contributed by atoms with van der Waals surface area (Å²) in [7, 11) is 4.96. The molecule has 0 aliphatic rings. The number of carbonyl (C=O) groups excluding carboxylic acids is 1. The predicted octanol–water partition coefficient (Wildman–Crippen LogP) is 2.97. The summed E-state index contributed by atoms with van der Waals surface area (Å²) in [6.45, 7) is 1.50. The van der Waals surface area contributed by atoms with Gasteiger partial charge >= 0.3 is 6.03 Å². The molecule has 0 unspecified atom stereocenters. The van der Waals surface area contributed by atoms with Crippen LogP contribution in [0, 0.1) is 0 Å². The van der Waals surface area contributed by atoms with Gasteiger partial charge in [-0.2, -0.15) is 0 Å². The number of amides is 2. The van der Waals surface area contributed by atoms with Gasteiger partial charge in [-0.05, 0) is 36.2 Å². The normalized spacial score (nSPS) is 10.1. The van der Waals surface area contributed by atoms with Crippen molar-refractivity contribution in [3.05, 3.63) is 54.1 Å². The second-order valence-electron chi connectivity index (χ2n) is 5.75. The third kappa shape index (κ3) is 5.88. The first kappa shape index (κ1) is 19.4. The SMILES string of the molecule is COc1ccc(CCNC(=O)N(C)CCOc2ccccc2)cc1OC. The van der Waals surface area contributed by atoms with Gasteiger partial charge in [0.05, 0.1) is 20.8 Å². The van der Waals surface area contributed by atoms with Crippen LogP contribution >= 0.6 is 0 Å². The molecule has 0 heterocycles. The van der Waals surface area contributed by atoms with Crippen LogP contribution in [0.15, 0.2) is 48.5 Å². The van der Waals surface area contributed by atoms with Gasteiger partial charge in [0.1, 0.15) is 12.4 Å². The highest BCUT2D eigenvalue weighted by atomic mass is 16.5. The Morgan fingerprint density at radius 1 is 1.04 bits per heavy atom. The summed E-state index contributed by atoms with van der Waals surface area (Å²) in [6.07, 6.45) is 0.709. The fourth-order valence-electron chi connectivity index (χ4n) is 2.40. The van der Waals surface area contributed by atoms with E-state index in [1.54, 1.807) is 26.2 Å². The molecule has 1 N–H and O–H groups in total. The molecule has 6 heteroatoms. The number of hydrogen-bond acceptors (Lipinski definition) is 4. The zero-order valence-corrected chi connectivity index (χ0v) is 15.5. The summed E-state index contributed by atoms with van der Waals surface area (Å²) >= 11 is 0. The Bertz CT molecular complexity index is 691. The van der Waals surface area contributed by atoms with E-state index in [0.717, 1.165) is 11.3 Å². The Balaban J connectivity index is 1.70. The maximum absolute atomic E-state index is 12.1. The lowest BCUT2D eigenvalue weighted by Crippen LogP contribution is -2.40. The van der Waals surface area contributed by atoms with Gasteiger partial charge in [-0.1, -0.05) is 24.3 Å². The first-order chi connectivity index (χ1) is 12.6. The number of rotatable bonds is 9. The Labute approximate surface area is 154 Å². The zero-order valence-electron chi connectivity index (χ0n) is 15.5. The van der Waals surface area contributed by atoms with Gasteiger partial charge in [-0.15, -0.1) is 0 Å². The predicted molar refractivity (Wildman–Crippen MR) is 101 cm³/mol. The van der Waals surface area contributed by atoms with Crippen molar-refractivity contribution in [2.45, 2.75) is 6.42 Å². The van der Waals surface area contributed by atoms with E-state index in [1.807, 2.05) is 48.5 Å². The minimum Gasteiger partial charge on any atom is -0.493 e. The van der Waals surface area contributed by atoms with E-state index in [4.69, 9.17) is 14.2 Å². The quantitative estimate of drug-likeness (QED) is 0.749. The van der Waals surface area contributed by atoms with Gasteiger partial charge in [0, 0.05) is 13.6 Å². The van der Waals surface area contributed by atoms with E-state index < -0.39 is 0 Å². The van der Waals surface area contributed by atoms with Gasteiger partial charge < -0.3 is 24.4 Å². The number of likely N-dealkylation sites (N-methyl/N-ethyl adjacent to an activating group) is 1. The van der Waals surface area contributed by atoms with E-state index in [2.05, 4.69) is 5.32 Å². The maximum Gasteiger partial charge on any atom is 0.317 e. The van der Waals surface area contributed by atoms with E-state index in [-0.39, 0.29) is 6.03 Å². The summed E-state index contributed by atoms with van der Waals surface area (Å²) < 4.78 is 16.1. The van der Waals surface area contributed by atoms with Crippen molar-refractivity contribution in [2.75, 3.05) is 41.0 Å². The molecule has 2 aromatic carbocycles. The van der Waals surface area contributed by atoms with Crippen molar-refractivity contribution in [2.24, 2.45) is 0 Å². The molecular formula is C20H26N2O4. The molecule has 0 aliphatic heterocycles. The fourth-order valence-corrected chi connectivity index (χ4v) is 2.40. The molecule has 2 aromatic rings. The number of methoxy groups -OCH3 is 2. The van der Waals surface area contributed by atoms with E-state index in [0.29, 0.717) is 37.6 Å². The molecule has 6 nitrogen and oxygen atoms in total. The highest BCUT2D eigenvalue weighted by molar-refractivity contribution is 5.73. The van der Waals surface area contributed by atoms with Gasteiger partial charge in [0.2, 0.25) is 0 Å². The number of nitrogens with one attached hydrogen (secondary N) is 1. The monoisotopic (exact) mass is 358 g/mol. The molecule has 0 saturated heterocycles. The lowest BCUT2D eigenvalue weighted by molar-refractivity contribution is 0.195. The third-order valence-corrected chi connectivity index (χ3v) is 3.92. The van der Waals surface area contributed by atoms with E-state index in [1.165, 1.54) is 0 Å². The number of carbonyl (C=O) groups is 1. The van der Waals surface area contributed by atoms with Crippen molar-refractivity contribution < 1.29 is 19.0 Å². The van der Waals surface area contributed by atoms with Gasteiger partial charge in [-0.3, -0.25) is 0 Å². The number of para-hydroxylation sites is 1. The summed E-state index contributed by atoms with van der Waals surface area (Å²) in [5, 5.41) is 2.91. The molecule has 26 heavy (non-hydrogen) atoms. The first-order valence-electron chi connectivity index (χ1n) is 8.51. The summed E-state index contributed by atoms with van der Waals surface area (Å²) in [5.41, 5.74) is 1.07. The van der Waals surface area contributed by atoms with Crippen molar-refractivity contribution in [3.63, 3.8) is 0 Å². The molecular weight excluding hydrogens is 332 g/mol. The molecule has 0 radical (unpaired) electrons. The van der Waals surface area contributed by atoms with Gasteiger partial charge in [-0.25, -0.2) is 4.79 Å². The number of urea groups is 1. The smallest absolute Gasteiger partial charge is 0.317 e. The van der Waals surface area contributed by atoms with Crippen LogP contribution < -0.4 is 19.5 Å². The Morgan fingerprint density at radius 3 is 2.46 bits per heavy atom. The minimum atomic E-state index is -0.123. The molecule has 0 aromatic heterocycles. The number of benzene rings is 2. The van der Waals surface area contributed by atoms with Gasteiger partial charge in [0.15, 0.2) is 11.5 Å². The van der Waals surface area contributed by atoms with Crippen LogP contribution in [-0.4, -0.2) is 51.9 Å². The minimum absolute atomic E-state index is 0.123. The standard InChI is InChI=1S/C20H26N2O4/c1-22(13-14-26-17-7-5-4-6-8-17)20(23)21-12-11-16-9-10-18(24-2)19(15-16)25-3/h4-10,15H,11-14H2,1-3H3,(H,21,23). The van der Waals surface area contributed by atoms with Crippen molar-refractivity contribution in [3.8, 4) is 17.2 Å².